The minimum atomic E-state index is -0.137. The summed E-state index contributed by atoms with van der Waals surface area (Å²) in [7, 11) is 0. The van der Waals surface area contributed by atoms with E-state index < -0.39 is 0 Å². The van der Waals surface area contributed by atoms with Crippen LogP contribution in [-0.2, 0) is 17.6 Å². The average Bonchev–Trinajstić information content (AvgIpc) is 3.45. The van der Waals surface area contributed by atoms with E-state index in [9.17, 15) is 9.59 Å². The second kappa shape index (κ2) is 8.51. The summed E-state index contributed by atoms with van der Waals surface area (Å²) in [5.41, 5.74) is 7.58. The van der Waals surface area contributed by atoms with Crippen LogP contribution in [0.4, 0.5) is 5.82 Å². The van der Waals surface area contributed by atoms with Gasteiger partial charge >= 0.3 is 0 Å². The van der Waals surface area contributed by atoms with Gasteiger partial charge in [0.2, 0.25) is 5.91 Å². The molecule has 1 aliphatic heterocycles. The molecule has 4 heterocycles. The fourth-order valence-corrected chi connectivity index (χ4v) is 6.24. The molecule has 8 nitrogen and oxygen atoms in total. The molecule has 0 unspecified atom stereocenters. The van der Waals surface area contributed by atoms with Crippen LogP contribution in [0, 0.1) is 0 Å². The van der Waals surface area contributed by atoms with Crippen molar-refractivity contribution in [2.75, 3.05) is 37.7 Å². The molecule has 0 radical (unpaired) electrons. The quantitative estimate of drug-likeness (QED) is 0.474. The number of amides is 2. The van der Waals surface area contributed by atoms with Crippen LogP contribution >= 0.6 is 23.1 Å². The fourth-order valence-electron chi connectivity index (χ4n) is 4.16. The van der Waals surface area contributed by atoms with E-state index in [0.29, 0.717) is 42.9 Å². The highest BCUT2D eigenvalue weighted by atomic mass is 32.2. The van der Waals surface area contributed by atoms with Crippen LogP contribution in [0.25, 0.3) is 10.2 Å². The van der Waals surface area contributed by atoms with E-state index in [2.05, 4.69) is 9.97 Å². The van der Waals surface area contributed by atoms with Crippen molar-refractivity contribution >= 4 is 50.9 Å². The number of anilines is 1. The number of fused-ring (bicyclic) bond motifs is 3. The summed E-state index contributed by atoms with van der Waals surface area (Å²) in [4.78, 5) is 40.0. The summed E-state index contributed by atoms with van der Waals surface area (Å²) in [5, 5.41) is 1.55. The zero-order valence-corrected chi connectivity index (χ0v) is 18.6. The number of thiophene rings is 1. The molecule has 3 aromatic heterocycles. The van der Waals surface area contributed by atoms with Crippen LogP contribution < -0.4 is 5.73 Å². The molecule has 0 aromatic carbocycles. The number of carbonyl (C=O) groups excluding carboxylic acids is 2. The number of piperazine rings is 1. The van der Waals surface area contributed by atoms with Crippen LogP contribution in [0.15, 0.2) is 28.0 Å². The molecule has 1 fully saturated rings. The van der Waals surface area contributed by atoms with Gasteiger partial charge in [0, 0.05) is 31.1 Å². The number of aromatic nitrogens is 2. The van der Waals surface area contributed by atoms with Crippen molar-refractivity contribution in [2.45, 2.75) is 30.8 Å². The van der Waals surface area contributed by atoms with E-state index in [1.807, 2.05) is 0 Å². The highest BCUT2D eigenvalue weighted by Gasteiger charge is 2.26. The zero-order chi connectivity index (χ0) is 21.4. The van der Waals surface area contributed by atoms with Gasteiger partial charge in [-0.2, -0.15) is 0 Å². The van der Waals surface area contributed by atoms with Crippen LogP contribution in [0.5, 0.6) is 0 Å². The number of nitrogen functional groups attached to an aromatic ring is 1. The van der Waals surface area contributed by atoms with E-state index >= 15 is 0 Å². The molecule has 31 heavy (non-hydrogen) atoms. The minimum Gasteiger partial charge on any atom is -0.459 e. The SMILES string of the molecule is Nc1nc(SCC(=O)N2CCN(C(=O)c3ccco3)CC2)nc2sc3c(c12)CCCC3. The average molecular weight is 458 g/mol. The summed E-state index contributed by atoms with van der Waals surface area (Å²) in [6, 6.07) is 3.35. The van der Waals surface area contributed by atoms with Crippen molar-refractivity contribution in [1.82, 2.24) is 19.8 Å². The van der Waals surface area contributed by atoms with Gasteiger partial charge in [-0.15, -0.1) is 11.3 Å². The van der Waals surface area contributed by atoms with Gasteiger partial charge in [0.25, 0.3) is 5.91 Å². The normalized spacial score (nSPS) is 16.5. The Morgan fingerprint density at radius 2 is 1.90 bits per heavy atom. The summed E-state index contributed by atoms with van der Waals surface area (Å²) < 4.78 is 5.18. The highest BCUT2D eigenvalue weighted by molar-refractivity contribution is 7.99. The number of rotatable bonds is 4. The van der Waals surface area contributed by atoms with Crippen LogP contribution in [0.1, 0.15) is 33.8 Å². The molecule has 2 amide bonds. The molecule has 10 heteroatoms. The molecular formula is C21H23N5O3S2. The zero-order valence-electron chi connectivity index (χ0n) is 17.0. The Hall–Kier alpha value is -2.59. The molecule has 2 N–H and O–H groups in total. The molecule has 2 aliphatic rings. The maximum absolute atomic E-state index is 12.7. The van der Waals surface area contributed by atoms with E-state index in [4.69, 9.17) is 10.2 Å². The number of hydrogen-bond acceptors (Lipinski definition) is 8. The third-order valence-electron chi connectivity index (χ3n) is 5.80. The summed E-state index contributed by atoms with van der Waals surface area (Å²) >= 11 is 3.03. The first kappa shape index (κ1) is 20.3. The molecule has 1 aliphatic carbocycles. The van der Waals surface area contributed by atoms with Gasteiger partial charge in [-0.05, 0) is 43.4 Å². The molecule has 0 spiro atoms. The van der Waals surface area contributed by atoms with Crippen molar-refractivity contribution in [3.63, 3.8) is 0 Å². The lowest BCUT2D eigenvalue weighted by Gasteiger charge is -2.34. The number of thioether (sulfide) groups is 1. The van der Waals surface area contributed by atoms with E-state index in [0.717, 1.165) is 23.1 Å². The lowest BCUT2D eigenvalue weighted by atomic mass is 9.97. The number of nitrogens with zero attached hydrogens (tertiary/aromatic N) is 4. The first-order chi connectivity index (χ1) is 15.1. The van der Waals surface area contributed by atoms with Crippen LogP contribution in [0.2, 0.25) is 0 Å². The largest absolute Gasteiger partial charge is 0.459 e. The second-order valence-electron chi connectivity index (χ2n) is 7.72. The first-order valence-corrected chi connectivity index (χ1v) is 12.2. The minimum absolute atomic E-state index is 0.0165. The number of hydrogen-bond donors (Lipinski definition) is 1. The molecule has 0 bridgehead atoms. The van der Waals surface area contributed by atoms with Gasteiger partial charge < -0.3 is 20.0 Å². The summed E-state index contributed by atoms with van der Waals surface area (Å²) in [6.07, 6.45) is 6.02. The van der Waals surface area contributed by atoms with E-state index in [1.165, 1.54) is 41.3 Å². The van der Waals surface area contributed by atoms with Crippen molar-refractivity contribution in [1.29, 1.82) is 0 Å². The Morgan fingerprint density at radius 3 is 2.68 bits per heavy atom. The number of nitrogens with two attached hydrogens (primary N) is 1. The molecular weight excluding hydrogens is 434 g/mol. The van der Waals surface area contributed by atoms with Crippen molar-refractivity contribution in [3.8, 4) is 0 Å². The molecule has 0 saturated carbocycles. The molecule has 5 rings (SSSR count). The van der Waals surface area contributed by atoms with E-state index in [1.54, 1.807) is 33.3 Å². The van der Waals surface area contributed by atoms with Gasteiger partial charge in [-0.3, -0.25) is 9.59 Å². The number of carbonyl (C=O) groups is 2. The molecule has 0 atom stereocenters. The van der Waals surface area contributed by atoms with Gasteiger partial charge in [-0.1, -0.05) is 11.8 Å². The third-order valence-corrected chi connectivity index (χ3v) is 7.82. The second-order valence-corrected chi connectivity index (χ2v) is 9.75. The van der Waals surface area contributed by atoms with Crippen molar-refractivity contribution in [3.05, 3.63) is 34.6 Å². The molecule has 3 aromatic rings. The highest BCUT2D eigenvalue weighted by Crippen LogP contribution is 2.38. The lowest BCUT2D eigenvalue weighted by Crippen LogP contribution is -2.51. The Morgan fingerprint density at radius 1 is 1.13 bits per heavy atom. The van der Waals surface area contributed by atoms with Gasteiger partial charge in [0.15, 0.2) is 10.9 Å². The Kier molecular flexibility index (Phi) is 5.58. The smallest absolute Gasteiger partial charge is 0.289 e. The fraction of sp³-hybridized carbons (Fsp3) is 0.429. The summed E-state index contributed by atoms with van der Waals surface area (Å²) in [6.45, 7) is 2.00. The number of furan rings is 1. The van der Waals surface area contributed by atoms with E-state index in [-0.39, 0.29) is 17.6 Å². The molecule has 1 saturated heterocycles. The van der Waals surface area contributed by atoms with Crippen LogP contribution in [0.3, 0.4) is 0 Å². The standard InChI is InChI=1S/C21H23N5O3S2/c22-18-17-13-4-1-2-6-15(13)31-19(17)24-21(23-18)30-12-16(27)25-7-9-26(10-8-25)20(28)14-5-3-11-29-14/h3,5,11H,1-2,4,6-10,12H2,(H2,22,23,24). The van der Waals surface area contributed by atoms with Crippen molar-refractivity contribution < 1.29 is 14.0 Å². The van der Waals surface area contributed by atoms with Crippen LogP contribution in [-0.4, -0.2) is 63.5 Å². The van der Waals surface area contributed by atoms with Gasteiger partial charge in [-0.25, -0.2) is 9.97 Å². The maximum atomic E-state index is 12.7. The summed E-state index contributed by atoms with van der Waals surface area (Å²) in [5.74, 6) is 0.979. The monoisotopic (exact) mass is 457 g/mol. The Bertz CT molecular complexity index is 1120. The molecule has 162 valence electrons. The van der Waals surface area contributed by atoms with Gasteiger partial charge in [0.1, 0.15) is 10.6 Å². The number of aryl methyl sites for hydroxylation is 2. The topological polar surface area (TPSA) is 106 Å². The Labute approximate surface area is 187 Å². The van der Waals surface area contributed by atoms with Gasteiger partial charge in [0.05, 0.1) is 17.4 Å². The van der Waals surface area contributed by atoms with Crippen molar-refractivity contribution in [2.24, 2.45) is 0 Å². The third kappa shape index (κ3) is 4.01. The maximum Gasteiger partial charge on any atom is 0.289 e. The Balaban J connectivity index is 1.19. The lowest BCUT2D eigenvalue weighted by molar-refractivity contribution is -0.129. The predicted octanol–water partition coefficient (Wildman–Crippen LogP) is 2.82. The first-order valence-electron chi connectivity index (χ1n) is 10.4. The predicted molar refractivity (Wildman–Crippen MR) is 120 cm³/mol.